The number of fused-ring (bicyclic) bond motifs is 1. The van der Waals surface area contributed by atoms with Crippen LogP contribution in [-0.2, 0) is 17.9 Å². The third-order valence-electron chi connectivity index (χ3n) is 6.49. The van der Waals surface area contributed by atoms with Gasteiger partial charge in [-0.2, -0.15) is 0 Å². The van der Waals surface area contributed by atoms with Crippen LogP contribution in [0, 0.1) is 11.2 Å². The summed E-state index contributed by atoms with van der Waals surface area (Å²) in [4.78, 5) is 12.2. The molecule has 2 N–H and O–H groups in total. The molecule has 0 saturated heterocycles. The number of benzene rings is 2. The average Bonchev–Trinajstić information content (AvgIpc) is 3.56. The van der Waals surface area contributed by atoms with Crippen molar-refractivity contribution in [2.45, 2.75) is 58.0 Å². The minimum Gasteiger partial charge on any atom is -0.493 e. The van der Waals surface area contributed by atoms with E-state index >= 15 is 0 Å². The van der Waals surface area contributed by atoms with Gasteiger partial charge in [0.15, 0.2) is 22.6 Å². The van der Waals surface area contributed by atoms with Crippen LogP contribution in [-0.4, -0.2) is 32.7 Å². The third-order valence-corrected chi connectivity index (χ3v) is 6.49. The van der Waals surface area contributed by atoms with Crippen molar-refractivity contribution in [3.05, 3.63) is 77.0 Å². The molecule has 9 heteroatoms. The molecule has 5 rings (SSSR count). The van der Waals surface area contributed by atoms with E-state index in [1.54, 1.807) is 19.5 Å². The number of aromatic amines is 1. The Morgan fingerprint density at radius 2 is 1.97 bits per heavy atom. The number of hydrogen-bond acceptors (Lipinski definition) is 6. The summed E-state index contributed by atoms with van der Waals surface area (Å²) in [7, 11) is 1.65. The molecule has 0 spiro atoms. The molecule has 36 heavy (non-hydrogen) atoms. The number of nitrogens with one attached hydrogen (secondary N) is 2. The van der Waals surface area contributed by atoms with Crippen molar-refractivity contribution in [2.24, 2.45) is 0 Å². The molecule has 1 aliphatic rings. The Balaban J connectivity index is 1.37. The Morgan fingerprint density at radius 1 is 1.14 bits per heavy atom. The predicted molar refractivity (Wildman–Crippen MR) is 132 cm³/mol. The fraction of sp³-hybridized carbons (Fsp3) is 0.370. The van der Waals surface area contributed by atoms with Gasteiger partial charge < -0.3 is 23.8 Å². The lowest BCUT2D eigenvalue weighted by atomic mass is 10.2. The van der Waals surface area contributed by atoms with Gasteiger partial charge >= 0.3 is 0 Å². The number of ether oxygens (including phenoxy) is 3. The van der Waals surface area contributed by atoms with Gasteiger partial charge in [-0.15, -0.1) is 0 Å². The molecule has 0 radical (unpaired) electrons. The van der Waals surface area contributed by atoms with Crippen LogP contribution in [0.4, 0.5) is 4.39 Å². The number of hydrogen-bond donors (Lipinski definition) is 2. The quantitative estimate of drug-likeness (QED) is 0.342. The minimum absolute atomic E-state index is 0.109. The SMILES string of the molecule is COc1ccc(Cn2cnc(=N)c3[nH]c(C(C)OCc4cccc(F)c4)nc32)cc1OC1CCCC1. The van der Waals surface area contributed by atoms with E-state index in [1.807, 2.05) is 35.8 Å². The summed E-state index contributed by atoms with van der Waals surface area (Å²) in [6.45, 7) is 2.61. The number of rotatable bonds is 9. The van der Waals surface area contributed by atoms with E-state index in [1.165, 1.54) is 25.0 Å². The number of aromatic nitrogens is 4. The van der Waals surface area contributed by atoms with Gasteiger partial charge in [0.05, 0.1) is 32.7 Å². The second kappa shape index (κ2) is 10.5. The molecular formula is C27H30FN5O3. The average molecular weight is 492 g/mol. The molecule has 188 valence electrons. The maximum atomic E-state index is 13.5. The van der Waals surface area contributed by atoms with Gasteiger partial charge in [-0.25, -0.2) is 14.4 Å². The highest BCUT2D eigenvalue weighted by molar-refractivity contribution is 5.69. The molecule has 1 aliphatic carbocycles. The molecule has 4 aromatic rings. The smallest absolute Gasteiger partial charge is 0.173 e. The molecule has 0 aliphatic heterocycles. The normalized spacial score (nSPS) is 14.9. The zero-order valence-corrected chi connectivity index (χ0v) is 20.5. The Kier molecular flexibility index (Phi) is 6.99. The second-order valence-corrected chi connectivity index (χ2v) is 9.13. The third kappa shape index (κ3) is 5.26. The van der Waals surface area contributed by atoms with Crippen LogP contribution in [0.1, 0.15) is 55.7 Å². The lowest BCUT2D eigenvalue weighted by Gasteiger charge is -2.17. The summed E-state index contributed by atoms with van der Waals surface area (Å²) in [5, 5.41) is 8.25. The summed E-state index contributed by atoms with van der Waals surface area (Å²) in [6, 6.07) is 12.2. The van der Waals surface area contributed by atoms with Gasteiger partial charge in [0, 0.05) is 0 Å². The first-order valence-electron chi connectivity index (χ1n) is 12.2. The fourth-order valence-corrected chi connectivity index (χ4v) is 4.53. The van der Waals surface area contributed by atoms with Crippen molar-refractivity contribution in [3.63, 3.8) is 0 Å². The molecule has 1 atom stereocenters. The highest BCUT2D eigenvalue weighted by Crippen LogP contribution is 2.33. The van der Waals surface area contributed by atoms with Gasteiger partial charge in [0.2, 0.25) is 0 Å². The molecule has 0 bridgehead atoms. The molecule has 1 fully saturated rings. The largest absolute Gasteiger partial charge is 0.493 e. The van der Waals surface area contributed by atoms with E-state index in [0.717, 1.165) is 29.7 Å². The summed E-state index contributed by atoms with van der Waals surface area (Å²) in [5.74, 6) is 1.74. The summed E-state index contributed by atoms with van der Waals surface area (Å²) in [6.07, 6.45) is 5.96. The number of halogens is 1. The van der Waals surface area contributed by atoms with Crippen molar-refractivity contribution >= 4 is 11.2 Å². The highest BCUT2D eigenvalue weighted by atomic mass is 19.1. The molecule has 8 nitrogen and oxygen atoms in total. The first-order chi connectivity index (χ1) is 17.5. The first-order valence-corrected chi connectivity index (χ1v) is 12.2. The lowest BCUT2D eigenvalue weighted by molar-refractivity contribution is 0.0473. The van der Waals surface area contributed by atoms with E-state index in [-0.39, 0.29) is 30.1 Å². The fourth-order valence-electron chi connectivity index (χ4n) is 4.53. The van der Waals surface area contributed by atoms with E-state index in [0.29, 0.717) is 29.3 Å². The van der Waals surface area contributed by atoms with E-state index in [2.05, 4.69) is 9.97 Å². The maximum Gasteiger partial charge on any atom is 0.173 e. The molecule has 2 aromatic carbocycles. The van der Waals surface area contributed by atoms with Gasteiger partial charge in [0.25, 0.3) is 0 Å². The second-order valence-electron chi connectivity index (χ2n) is 9.13. The van der Waals surface area contributed by atoms with Crippen molar-refractivity contribution in [1.82, 2.24) is 19.5 Å². The van der Waals surface area contributed by atoms with E-state index in [9.17, 15) is 4.39 Å². The predicted octanol–water partition coefficient (Wildman–Crippen LogP) is 5.03. The van der Waals surface area contributed by atoms with Crippen LogP contribution >= 0.6 is 0 Å². The number of methoxy groups -OCH3 is 1. The monoisotopic (exact) mass is 491 g/mol. The topological polar surface area (TPSA) is 98.0 Å². The molecule has 1 unspecified atom stereocenters. The van der Waals surface area contributed by atoms with E-state index < -0.39 is 0 Å². The van der Waals surface area contributed by atoms with E-state index in [4.69, 9.17) is 24.6 Å². The minimum atomic E-state index is -0.388. The number of nitrogens with zero attached hydrogens (tertiary/aromatic N) is 3. The lowest BCUT2D eigenvalue weighted by Crippen LogP contribution is -2.14. The van der Waals surface area contributed by atoms with Gasteiger partial charge in [-0.3, -0.25) is 5.41 Å². The molecule has 2 heterocycles. The number of imidazole rings is 1. The Hall–Kier alpha value is -3.72. The first kappa shape index (κ1) is 24.0. The van der Waals surface area contributed by atoms with Crippen LogP contribution in [0.2, 0.25) is 0 Å². The zero-order chi connectivity index (χ0) is 25.1. The Bertz CT molecular complexity index is 1410. The van der Waals surface area contributed by atoms with Crippen LogP contribution in [0.5, 0.6) is 11.5 Å². The molecule has 2 aromatic heterocycles. The maximum absolute atomic E-state index is 13.5. The summed E-state index contributed by atoms with van der Waals surface area (Å²) in [5.41, 5.74) is 3.00. The zero-order valence-electron chi connectivity index (χ0n) is 20.5. The van der Waals surface area contributed by atoms with Crippen LogP contribution in [0.15, 0.2) is 48.8 Å². The Morgan fingerprint density at radius 3 is 2.75 bits per heavy atom. The molecule has 1 saturated carbocycles. The van der Waals surface area contributed by atoms with Crippen LogP contribution in [0.25, 0.3) is 11.2 Å². The Labute approximate surface area is 208 Å². The van der Waals surface area contributed by atoms with Crippen LogP contribution < -0.4 is 15.0 Å². The molecular weight excluding hydrogens is 461 g/mol. The summed E-state index contributed by atoms with van der Waals surface area (Å²) >= 11 is 0. The number of H-pyrrole nitrogens is 1. The molecule has 0 amide bonds. The van der Waals surface area contributed by atoms with Gasteiger partial charge in [-0.05, 0) is 68.0 Å². The van der Waals surface area contributed by atoms with Gasteiger partial charge in [0.1, 0.15) is 23.3 Å². The van der Waals surface area contributed by atoms with Crippen molar-refractivity contribution in [1.29, 1.82) is 5.41 Å². The van der Waals surface area contributed by atoms with Crippen molar-refractivity contribution in [3.8, 4) is 11.5 Å². The van der Waals surface area contributed by atoms with Gasteiger partial charge in [-0.1, -0.05) is 18.2 Å². The highest BCUT2D eigenvalue weighted by Gasteiger charge is 2.19. The van der Waals surface area contributed by atoms with Crippen LogP contribution in [0.3, 0.4) is 0 Å². The van der Waals surface area contributed by atoms with Crippen molar-refractivity contribution in [2.75, 3.05) is 7.11 Å². The summed E-state index contributed by atoms with van der Waals surface area (Å²) < 4.78 is 33.1. The van der Waals surface area contributed by atoms with Crippen molar-refractivity contribution < 1.29 is 18.6 Å². The standard InChI is InChI=1S/C27H30FN5O3/c1-17(35-15-19-6-5-7-20(28)12-19)26-31-24-25(29)30-16-33(27(24)32-26)14-18-10-11-22(34-2)23(13-18)36-21-8-3-4-9-21/h5-7,10-13,16-17,21,29H,3-4,8-9,14-15H2,1-2H3,(H,31,32).